The van der Waals surface area contributed by atoms with E-state index >= 15 is 0 Å². The van der Waals surface area contributed by atoms with Crippen LogP contribution < -0.4 is 0 Å². The van der Waals surface area contributed by atoms with Crippen LogP contribution in [0.25, 0.3) is 93.2 Å². The molecule has 1 aliphatic rings. The smallest absolute Gasteiger partial charge is 0.134 e. The Bertz CT molecular complexity index is 2540. The van der Waals surface area contributed by atoms with Crippen LogP contribution in [0, 0.1) is 0 Å². The molecular formula is C42H26O. The lowest BCUT2D eigenvalue weighted by Crippen LogP contribution is -1.93. The number of aryl methyl sites for hydroxylation is 1. The molecule has 1 aromatic heterocycles. The molecule has 0 atom stereocenters. The van der Waals surface area contributed by atoms with Gasteiger partial charge in [-0.15, -0.1) is 0 Å². The Balaban J connectivity index is 1.33. The molecule has 10 rings (SSSR count). The Morgan fingerprint density at radius 3 is 1.88 bits per heavy atom. The molecule has 0 unspecified atom stereocenters. The van der Waals surface area contributed by atoms with Crippen molar-refractivity contribution in [2.45, 2.75) is 12.8 Å². The molecule has 1 aliphatic carbocycles. The van der Waals surface area contributed by atoms with Gasteiger partial charge in [0.1, 0.15) is 11.3 Å². The molecule has 8 aromatic carbocycles. The zero-order valence-corrected chi connectivity index (χ0v) is 23.5. The zero-order chi connectivity index (χ0) is 28.1. The van der Waals surface area contributed by atoms with E-state index in [4.69, 9.17) is 4.42 Å². The van der Waals surface area contributed by atoms with Crippen LogP contribution >= 0.6 is 0 Å². The minimum atomic E-state index is 0.968. The second-order valence-corrected chi connectivity index (χ2v) is 11.9. The van der Waals surface area contributed by atoms with Crippen molar-refractivity contribution in [3.63, 3.8) is 0 Å². The Labute approximate surface area is 248 Å². The molecule has 9 aromatic rings. The fourth-order valence-corrected chi connectivity index (χ4v) is 7.79. The lowest BCUT2D eigenvalue weighted by Gasteiger charge is -2.20. The number of rotatable bonds is 2. The maximum absolute atomic E-state index is 6.27. The van der Waals surface area contributed by atoms with Gasteiger partial charge in [-0.05, 0) is 94.7 Å². The monoisotopic (exact) mass is 546 g/mol. The van der Waals surface area contributed by atoms with Gasteiger partial charge in [0.25, 0.3) is 0 Å². The third-order valence-electron chi connectivity index (χ3n) is 9.64. The molecule has 0 aliphatic heterocycles. The van der Waals surface area contributed by atoms with Crippen LogP contribution in [0.15, 0.2) is 132 Å². The highest BCUT2D eigenvalue weighted by atomic mass is 16.3. The maximum atomic E-state index is 6.27. The summed E-state index contributed by atoms with van der Waals surface area (Å²) >= 11 is 0. The minimum Gasteiger partial charge on any atom is -0.460 e. The highest BCUT2D eigenvalue weighted by molar-refractivity contribution is 6.29. The number of fused-ring (bicyclic) bond motifs is 5. The summed E-state index contributed by atoms with van der Waals surface area (Å²) in [7, 11) is 0. The fourth-order valence-electron chi connectivity index (χ4n) is 7.79. The predicted octanol–water partition coefficient (Wildman–Crippen LogP) is 11.9. The lowest BCUT2D eigenvalue weighted by molar-refractivity contribution is 0.546. The molecule has 0 radical (unpaired) electrons. The van der Waals surface area contributed by atoms with Crippen LogP contribution in [-0.2, 0) is 6.42 Å². The minimum absolute atomic E-state index is 0.968. The number of hydrogen-bond acceptors (Lipinski definition) is 1. The normalized spacial score (nSPS) is 13.3. The van der Waals surface area contributed by atoms with Gasteiger partial charge >= 0.3 is 0 Å². The van der Waals surface area contributed by atoms with Crippen molar-refractivity contribution in [3.8, 4) is 22.3 Å². The van der Waals surface area contributed by atoms with Gasteiger partial charge in [0.15, 0.2) is 0 Å². The summed E-state index contributed by atoms with van der Waals surface area (Å²) in [6.45, 7) is 0. The summed E-state index contributed by atoms with van der Waals surface area (Å²) < 4.78 is 6.27. The SMILES string of the molecule is C1=Cc2c(oc3ccc(-c4c5ccccc5c(-c5ccc6ccc7cccc8ccc5c6c78)c5ccccc45)cc23)CC1. The van der Waals surface area contributed by atoms with E-state index < -0.39 is 0 Å². The van der Waals surface area contributed by atoms with Gasteiger partial charge in [0.05, 0.1) is 0 Å². The molecule has 1 nitrogen and oxygen atoms in total. The predicted molar refractivity (Wildman–Crippen MR) is 183 cm³/mol. The first-order chi connectivity index (χ1) is 21.3. The van der Waals surface area contributed by atoms with Crippen molar-refractivity contribution < 1.29 is 4.42 Å². The Morgan fingerprint density at radius 1 is 0.488 bits per heavy atom. The summed E-state index contributed by atoms with van der Waals surface area (Å²) in [5.41, 5.74) is 7.31. The highest BCUT2D eigenvalue weighted by Crippen LogP contribution is 2.47. The molecule has 1 heteroatoms. The van der Waals surface area contributed by atoms with E-state index in [1.165, 1.54) is 87.1 Å². The summed E-state index contributed by atoms with van der Waals surface area (Å²) in [6.07, 6.45) is 6.51. The molecule has 0 spiro atoms. The van der Waals surface area contributed by atoms with E-state index in [1.54, 1.807) is 0 Å². The van der Waals surface area contributed by atoms with Gasteiger partial charge in [0, 0.05) is 17.4 Å². The van der Waals surface area contributed by atoms with Gasteiger partial charge in [0.2, 0.25) is 0 Å². The van der Waals surface area contributed by atoms with E-state index in [0.717, 1.165) is 24.2 Å². The fraction of sp³-hybridized carbons (Fsp3) is 0.0476. The Hall–Kier alpha value is -5.40. The molecular weight excluding hydrogens is 520 g/mol. The Kier molecular flexibility index (Phi) is 4.62. The largest absolute Gasteiger partial charge is 0.460 e. The highest BCUT2D eigenvalue weighted by Gasteiger charge is 2.21. The molecule has 200 valence electrons. The van der Waals surface area contributed by atoms with Crippen LogP contribution in [0.5, 0.6) is 0 Å². The van der Waals surface area contributed by atoms with Crippen LogP contribution in [0.1, 0.15) is 17.7 Å². The third kappa shape index (κ3) is 3.17. The molecule has 0 amide bonds. The van der Waals surface area contributed by atoms with Crippen molar-refractivity contribution in [1.82, 2.24) is 0 Å². The zero-order valence-electron chi connectivity index (χ0n) is 23.5. The van der Waals surface area contributed by atoms with Crippen LogP contribution in [0.3, 0.4) is 0 Å². The number of furan rings is 1. The first-order valence-corrected chi connectivity index (χ1v) is 15.2. The van der Waals surface area contributed by atoms with E-state index in [-0.39, 0.29) is 0 Å². The summed E-state index contributed by atoms with van der Waals surface area (Å²) in [5, 5.41) is 14.2. The van der Waals surface area contributed by atoms with Gasteiger partial charge in [-0.1, -0.05) is 121 Å². The standard InChI is InChI=1S/C42H26O/c1-3-13-32-30(11-1)40(28-20-23-38-36(24-28)29-10-5-6-15-37(29)43-38)31-12-2-4-14-33(31)42(32)35-22-19-27-17-16-25-8-7-9-26-18-21-34(35)41(27)39(25)26/h1-5,7-14,16-24H,6,15H2. The summed E-state index contributed by atoms with van der Waals surface area (Å²) in [5.74, 6) is 1.11. The topological polar surface area (TPSA) is 13.1 Å². The molecule has 0 fully saturated rings. The van der Waals surface area contributed by atoms with E-state index in [0.29, 0.717) is 0 Å². The lowest BCUT2D eigenvalue weighted by atomic mass is 9.83. The third-order valence-corrected chi connectivity index (χ3v) is 9.64. The number of hydrogen-bond donors (Lipinski definition) is 0. The van der Waals surface area contributed by atoms with Gasteiger partial charge in [-0.3, -0.25) is 0 Å². The van der Waals surface area contributed by atoms with Crippen molar-refractivity contribution in [3.05, 3.63) is 139 Å². The van der Waals surface area contributed by atoms with Crippen LogP contribution in [0.2, 0.25) is 0 Å². The van der Waals surface area contributed by atoms with Crippen LogP contribution in [0.4, 0.5) is 0 Å². The van der Waals surface area contributed by atoms with E-state index in [2.05, 4.69) is 133 Å². The average Bonchev–Trinajstić information content (AvgIpc) is 3.44. The van der Waals surface area contributed by atoms with E-state index in [1.807, 2.05) is 0 Å². The van der Waals surface area contributed by atoms with Gasteiger partial charge in [-0.25, -0.2) is 0 Å². The van der Waals surface area contributed by atoms with Crippen LogP contribution in [-0.4, -0.2) is 0 Å². The second-order valence-electron chi connectivity index (χ2n) is 11.9. The number of allylic oxidation sites excluding steroid dienone is 1. The molecule has 1 heterocycles. The first kappa shape index (κ1) is 23.2. The van der Waals surface area contributed by atoms with Crippen molar-refractivity contribution in [2.24, 2.45) is 0 Å². The van der Waals surface area contributed by atoms with Crippen molar-refractivity contribution in [2.75, 3.05) is 0 Å². The summed E-state index contributed by atoms with van der Waals surface area (Å²) in [6, 6.07) is 45.1. The first-order valence-electron chi connectivity index (χ1n) is 15.2. The van der Waals surface area contributed by atoms with E-state index in [9.17, 15) is 0 Å². The van der Waals surface area contributed by atoms with Crippen molar-refractivity contribution >= 4 is 70.9 Å². The molecule has 0 saturated heterocycles. The molecule has 0 bridgehead atoms. The summed E-state index contributed by atoms with van der Waals surface area (Å²) in [4.78, 5) is 0. The van der Waals surface area contributed by atoms with Crippen molar-refractivity contribution in [1.29, 1.82) is 0 Å². The van der Waals surface area contributed by atoms with Gasteiger partial charge in [-0.2, -0.15) is 0 Å². The Morgan fingerprint density at radius 2 is 1.14 bits per heavy atom. The molecule has 0 N–H and O–H groups in total. The quantitative estimate of drug-likeness (QED) is 0.155. The molecule has 43 heavy (non-hydrogen) atoms. The second kappa shape index (κ2) is 8.56. The maximum Gasteiger partial charge on any atom is 0.134 e. The number of benzene rings is 8. The molecule has 0 saturated carbocycles. The van der Waals surface area contributed by atoms with Gasteiger partial charge < -0.3 is 4.42 Å². The average molecular weight is 547 g/mol.